The molecule has 0 radical (unpaired) electrons. The highest BCUT2D eigenvalue weighted by Gasteiger charge is 2.26. The van der Waals surface area contributed by atoms with E-state index in [1.165, 1.54) is 31.2 Å². The van der Waals surface area contributed by atoms with Crippen molar-refractivity contribution >= 4 is 27.5 Å². The Balaban J connectivity index is 1.96. The molecule has 1 aromatic rings. The van der Waals surface area contributed by atoms with Crippen LogP contribution in [-0.2, 0) is 6.42 Å². The van der Waals surface area contributed by atoms with Crippen LogP contribution in [0.4, 0.5) is 0 Å². The van der Waals surface area contributed by atoms with Crippen LogP contribution in [0.3, 0.4) is 0 Å². The third-order valence-electron chi connectivity index (χ3n) is 3.43. The molecule has 2 heteroatoms. The molecule has 1 atom stereocenters. The third-order valence-corrected chi connectivity index (χ3v) is 4.51. The Hall–Kier alpha value is -0.0100. The van der Waals surface area contributed by atoms with Crippen LogP contribution in [0.2, 0.25) is 5.02 Å². The van der Waals surface area contributed by atoms with Crippen LogP contribution in [0.1, 0.15) is 24.8 Å². The van der Waals surface area contributed by atoms with E-state index >= 15 is 0 Å². The van der Waals surface area contributed by atoms with Crippen molar-refractivity contribution in [2.75, 3.05) is 5.33 Å². The summed E-state index contributed by atoms with van der Waals surface area (Å²) in [5, 5.41) is 1.96. The fourth-order valence-corrected chi connectivity index (χ4v) is 3.07. The Morgan fingerprint density at radius 1 is 1.27 bits per heavy atom. The first kappa shape index (κ1) is 11.5. The first-order chi connectivity index (χ1) is 7.29. The van der Waals surface area contributed by atoms with E-state index in [-0.39, 0.29) is 0 Å². The predicted molar refractivity (Wildman–Crippen MR) is 69.8 cm³/mol. The molecule has 1 aliphatic rings. The molecular weight excluding hydrogens is 272 g/mol. The number of alkyl halides is 1. The maximum Gasteiger partial charge on any atom is 0.0406 e. The largest absolute Gasteiger partial charge is 0.0925 e. The molecule has 0 nitrogen and oxygen atoms in total. The van der Waals surface area contributed by atoms with Crippen LogP contribution in [0.25, 0.3) is 0 Å². The normalized spacial score (nSPS) is 18.5. The molecule has 0 heterocycles. The molecule has 0 spiro atoms. The molecule has 0 saturated heterocycles. The molecule has 15 heavy (non-hydrogen) atoms. The lowest BCUT2D eigenvalue weighted by atomic mass is 9.74. The second kappa shape index (κ2) is 5.36. The van der Waals surface area contributed by atoms with Crippen LogP contribution < -0.4 is 0 Å². The van der Waals surface area contributed by atoms with Crippen molar-refractivity contribution in [3.63, 3.8) is 0 Å². The Morgan fingerprint density at radius 2 is 1.93 bits per heavy atom. The van der Waals surface area contributed by atoms with Gasteiger partial charge in [-0.25, -0.2) is 0 Å². The summed E-state index contributed by atoms with van der Waals surface area (Å²) in [6.45, 7) is 0. The summed E-state index contributed by atoms with van der Waals surface area (Å²) in [6, 6.07) is 8.28. The van der Waals surface area contributed by atoms with E-state index in [2.05, 4.69) is 28.1 Å². The monoisotopic (exact) mass is 286 g/mol. The van der Waals surface area contributed by atoms with Crippen LogP contribution in [0, 0.1) is 11.8 Å². The maximum atomic E-state index is 5.87. The number of benzene rings is 1. The minimum absolute atomic E-state index is 0.805. The molecule has 1 aliphatic carbocycles. The highest BCUT2D eigenvalue weighted by atomic mass is 79.9. The van der Waals surface area contributed by atoms with Crippen LogP contribution in [-0.4, -0.2) is 5.33 Å². The number of rotatable bonds is 4. The summed E-state index contributed by atoms with van der Waals surface area (Å²) >= 11 is 9.51. The van der Waals surface area contributed by atoms with Gasteiger partial charge in [0.05, 0.1) is 0 Å². The molecule has 2 rings (SSSR count). The zero-order valence-electron chi connectivity index (χ0n) is 8.76. The van der Waals surface area contributed by atoms with E-state index in [1.54, 1.807) is 0 Å². The fraction of sp³-hybridized carbons (Fsp3) is 0.538. The molecule has 1 saturated carbocycles. The quantitative estimate of drug-likeness (QED) is 0.705. The smallest absolute Gasteiger partial charge is 0.0406 e. The molecule has 0 amide bonds. The Kier molecular flexibility index (Phi) is 4.10. The van der Waals surface area contributed by atoms with Crippen molar-refractivity contribution < 1.29 is 0 Å². The summed E-state index contributed by atoms with van der Waals surface area (Å²) in [4.78, 5) is 0. The maximum absolute atomic E-state index is 5.87. The van der Waals surface area contributed by atoms with Crippen LogP contribution in [0.5, 0.6) is 0 Å². The molecule has 1 aromatic carbocycles. The van der Waals surface area contributed by atoms with Gasteiger partial charge in [0.1, 0.15) is 0 Å². The van der Waals surface area contributed by atoms with E-state index < -0.39 is 0 Å². The highest BCUT2D eigenvalue weighted by molar-refractivity contribution is 9.09. The van der Waals surface area contributed by atoms with E-state index in [9.17, 15) is 0 Å². The third kappa shape index (κ3) is 2.98. The number of hydrogen-bond acceptors (Lipinski definition) is 0. The second-order valence-corrected chi connectivity index (χ2v) is 5.52. The minimum atomic E-state index is 0.805. The summed E-state index contributed by atoms with van der Waals surface area (Å²) < 4.78 is 0. The van der Waals surface area contributed by atoms with Crippen molar-refractivity contribution in [3.8, 4) is 0 Å². The summed E-state index contributed by atoms with van der Waals surface area (Å²) in [5.74, 6) is 1.75. The van der Waals surface area contributed by atoms with Gasteiger partial charge < -0.3 is 0 Å². The minimum Gasteiger partial charge on any atom is -0.0925 e. The first-order valence-corrected chi connectivity index (χ1v) is 7.10. The SMILES string of the molecule is Clc1ccc(CC(CBr)C2CCC2)cc1. The van der Waals surface area contributed by atoms with Crippen molar-refractivity contribution in [3.05, 3.63) is 34.9 Å². The van der Waals surface area contributed by atoms with Gasteiger partial charge in [0, 0.05) is 10.4 Å². The second-order valence-electron chi connectivity index (χ2n) is 4.44. The molecule has 0 N–H and O–H groups in total. The zero-order valence-corrected chi connectivity index (χ0v) is 11.1. The molecule has 1 fully saturated rings. The first-order valence-electron chi connectivity index (χ1n) is 5.60. The van der Waals surface area contributed by atoms with Gasteiger partial charge in [-0.05, 0) is 36.0 Å². The molecule has 1 unspecified atom stereocenters. The van der Waals surface area contributed by atoms with Gasteiger partial charge >= 0.3 is 0 Å². The summed E-state index contributed by atoms with van der Waals surface area (Å²) in [6.07, 6.45) is 5.45. The lowest BCUT2D eigenvalue weighted by Crippen LogP contribution is -2.24. The van der Waals surface area contributed by atoms with E-state index in [1.807, 2.05) is 12.1 Å². The van der Waals surface area contributed by atoms with E-state index in [0.717, 1.165) is 22.2 Å². The molecule has 0 aromatic heterocycles. The van der Waals surface area contributed by atoms with E-state index in [4.69, 9.17) is 11.6 Å². The fourth-order valence-electron chi connectivity index (χ4n) is 2.18. The van der Waals surface area contributed by atoms with Crippen molar-refractivity contribution in [1.82, 2.24) is 0 Å². The van der Waals surface area contributed by atoms with Gasteiger partial charge in [0.25, 0.3) is 0 Å². The Morgan fingerprint density at radius 3 is 2.40 bits per heavy atom. The highest BCUT2D eigenvalue weighted by Crippen LogP contribution is 2.36. The van der Waals surface area contributed by atoms with Gasteiger partial charge in [-0.1, -0.05) is 58.9 Å². The average molecular weight is 288 g/mol. The van der Waals surface area contributed by atoms with Gasteiger partial charge in [-0.3, -0.25) is 0 Å². The van der Waals surface area contributed by atoms with Gasteiger partial charge in [0.2, 0.25) is 0 Å². The average Bonchev–Trinajstić information content (AvgIpc) is 2.17. The summed E-state index contributed by atoms with van der Waals surface area (Å²) in [5.41, 5.74) is 1.41. The van der Waals surface area contributed by atoms with Gasteiger partial charge in [-0.2, -0.15) is 0 Å². The molecule has 0 bridgehead atoms. The van der Waals surface area contributed by atoms with Gasteiger partial charge in [0.15, 0.2) is 0 Å². The van der Waals surface area contributed by atoms with Crippen LogP contribution >= 0.6 is 27.5 Å². The Labute approximate surface area is 105 Å². The molecule has 82 valence electrons. The molecular formula is C13H16BrCl. The summed E-state index contributed by atoms with van der Waals surface area (Å²) in [7, 11) is 0. The molecule has 0 aliphatic heterocycles. The predicted octanol–water partition coefficient (Wildman–Crippen LogP) is 4.69. The van der Waals surface area contributed by atoms with Crippen molar-refractivity contribution in [2.24, 2.45) is 11.8 Å². The Bertz CT molecular complexity index is 303. The zero-order chi connectivity index (χ0) is 10.7. The lowest BCUT2D eigenvalue weighted by molar-refractivity contribution is 0.224. The van der Waals surface area contributed by atoms with Crippen LogP contribution in [0.15, 0.2) is 24.3 Å². The number of hydrogen-bond donors (Lipinski definition) is 0. The number of halogens is 2. The van der Waals surface area contributed by atoms with Gasteiger partial charge in [-0.15, -0.1) is 0 Å². The van der Waals surface area contributed by atoms with Crippen molar-refractivity contribution in [2.45, 2.75) is 25.7 Å². The lowest BCUT2D eigenvalue weighted by Gasteiger charge is -2.32. The van der Waals surface area contributed by atoms with Crippen molar-refractivity contribution in [1.29, 1.82) is 0 Å². The topological polar surface area (TPSA) is 0 Å². The van der Waals surface area contributed by atoms with E-state index in [0.29, 0.717) is 0 Å². The standard InChI is InChI=1S/C13H16BrCl/c14-9-12(11-2-1-3-11)8-10-4-6-13(15)7-5-10/h4-7,11-12H,1-3,8-9H2.